The molecule has 0 saturated carbocycles. The summed E-state index contributed by atoms with van der Waals surface area (Å²) in [6.07, 6.45) is 2.32. The van der Waals surface area contributed by atoms with Gasteiger partial charge in [-0.2, -0.15) is 0 Å². The van der Waals surface area contributed by atoms with Crippen LogP contribution in [0.15, 0.2) is 24.3 Å². The van der Waals surface area contributed by atoms with Crippen molar-refractivity contribution in [2.45, 2.75) is 51.6 Å². The molecule has 0 bridgehead atoms. The molecule has 1 unspecified atom stereocenters. The minimum Gasteiger partial charge on any atom is -0.351 e. The van der Waals surface area contributed by atoms with Gasteiger partial charge in [-0.25, -0.2) is 8.42 Å². The molecule has 24 heavy (non-hydrogen) atoms. The summed E-state index contributed by atoms with van der Waals surface area (Å²) in [5.41, 5.74) is 8.10. The second-order valence-corrected chi connectivity index (χ2v) is 8.94. The van der Waals surface area contributed by atoms with Crippen LogP contribution in [-0.4, -0.2) is 32.4 Å². The van der Waals surface area contributed by atoms with Crippen molar-refractivity contribution >= 4 is 28.2 Å². The maximum Gasteiger partial charge on any atom is 0.237 e. The molecule has 0 fully saturated rings. The molecule has 0 radical (unpaired) electrons. The van der Waals surface area contributed by atoms with Gasteiger partial charge in [-0.15, -0.1) is 12.4 Å². The second-order valence-electron chi connectivity index (χ2n) is 6.68. The third-order valence-electron chi connectivity index (χ3n) is 4.22. The van der Waals surface area contributed by atoms with E-state index in [9.17, 15) is 13.2 Å². The van der Waals surface area contributed by atoms with Crippen molar-refractivity contribution in [1.29, 1.82) is 0 Å². The summed E-state index contributed by atoms with van der Waals surface area (Å²) in [7, 11) is -3.10. The van der Waals surface area contributed by atoms with Gasteiger partial charge >= 0.3 is 0 Å². The molecule has 0 heterocycles. The van der Waals surface area contributed by atoms with Crippen LogP contribution >= 0.6 is 12.4 Å². The van der Waals surface area contributed by atoms with Crippen molar-refractivity contribution in [2.24, 2.45) is 5.73 Å². The van der Waals surface area contributed by atoms with E-state index in [0.717, 1.165) is 18.2 Å². The molecule has 0 aliphatic carbocycles. The maximum atomic E-state index is 11.9. The monoisotopic (exact) mass is 376 g/mol. The molecule has 1 atom stereocenters. The standard InChI is InChI=1S/C17H28N2O3S.ClH/c1-5-17(2,3)14-8-6-13(7-9-14)12-19-16(20)15(18)10-11-23(4,21)22;/h6-9,15H,5,10-12,18H2,1-4H3,(H,19,20);1H. The number of halogens is 1. The second kappa shape index (κ2) is 9.39. The van der Waals surface area contributed by atoms with E-state index in [-0.39, 0.29) is 35.9 Å². The van der Waals surface area contributed by atoms with E-state index in [4.69, 9.17) is 5.73 Å². The lowest BCUT2D eigenvalue weighted by Gasteiger charge is -2.23. The first-order chi connectivity index (χ1) is 10.5. The van der Waals surface area contributed by atoms with E-state index in [2.05, 4.69) is 38.2 Å². The molecule has 1 amide bonds. The smallest absolute Gasteiger partial charge is 0.237 e. The lowest BCUT2D eigenvalue weighted by Crippen LogP contribution is -2.41. The van der Waals surface area contributed by atoms with Crippen molar-refractivity contribution in [3.8, 4) is 0 Å². The van der Waals surface area contributed by atoms with Gasteiger partial charge in [0, 0.05) is 12.8 Å². The molecule has 5 nitrogen and oxygen atoms in total. The van der Waals surface area contributed by atoms with Crippen molar-refractivity contribution in [2.75, 3.05) is 12.0 Å². The van der Waals surface area contributed by atoms with Gasteiger partial charge in [0.05, 0.1) is 11.8 Å². The third kappa shape index (κ3) is 7.64. The highest BCUT2D eigenvalue weighted by Crippen LogP contribution is 2.26. The van der Waals surface area contributed by atoms with E-state index >= 15 is 0 Å². The summed E-state index contributed by atoms with van der Waals surface area (Å²) in [5.74, 6) is -0.408. The number of amides is 1. The van der Waals surface area contributed by atoms with Crippen molar-refractivity contribution in [3.63, 3.8) is 0 Å². The fourth-order valence-corrected chi connectivity index (χ4v) is 2.75. The molecule has 0 aliphatic rings. The number of hydrogen-bond acceptors (Lipinski definition) is 4. The van der Waals surface area contributed by atoms with Gasteiger partial charge in [0.2, 0.25) is 5.91 Å². The first-order valence-corrected chi connectivity index (χ1v) is 9.91. The maximum absolute atomic E-state index is 11.9. The zero-order chi connectivity index (χ0) is 17.7. The number of benzene rings is 1. The van der Waals surface area contributed by atoms with Crippen molar-refractivity contribution < 1.29 is 13.2 Å². The molecule has 0 aliphatic heterocycles. The van der Waals surface area contributed by atoms with E-state index in [1.165, 1.54) is 5.56 Å². The van der Waals surface area contributed by atoms with Crippen molar-refractivity contribution in [1.82, 2.24) is 5.32 Å². The van der Waals surface area contributed by atoms with Crippen LogP contribution in [0.2, 0.25) is 0 Å². The Hall–Kier alpha value is -1.11. The van der Waals surface area contributed by atoms with Crippen LogP contribution in [0.4, 0.5) is 0 Å². The molecule has 138 valence electrons. The third-order valence-corrected chi connectivity index (χ3v) is 5.20. The van der Waals surface area contributed by atoms with Gasteiger partial charge in [-0.05, 0) is 29.4 Å². The number of rotatable bonds is 8. The minimum atomic E-state index is -3.10. The number of hydrogen-bond donors (Lipinski definition) is 2. The number of carbonyl (C=O) groups is 1. The first-order valence-electron chi connectivity index (χ1n) is 7.85. The van der Waals surface area contributed by atoms with Crippen LogP contribution in [0.1, 0.15) is 44.7 Å². The van der Waals surface area contributed by atoms with Gasteiger partial charge in [-0.1, -0.05) is 45.0 Å². The number of nitrogens with two attached hydrogens (primary N) is 1. The summed E-state index contributed by atoms with van der Waals surface area (Å²) < 4.78 is 22.2. The largest absolute Gasteiger partial charge is 0.351 e. The van der Waals surface area contributed by atoms with Crippen LogP contribution in [0.25, 0.3) is 0 Å². The highest BCUT2D eigenvalue weighted by Gasteiger charge is 2.18. The number of nitrogens with one attached hydrogen (secondary N) is 1. The normalized spacial score (nSPS) is 13.0. The van der Waals surface area contributed by atoms with Crippen LogP contribution in [0, 0.1) is 0 Å². The molecule has 1 aromatic rings. The SMILES string of the molecule is CCC(C)(C)c1ccc(CNC(=O)C(N)CCS(C)(=O)=O)cc1.Cl. The average Bonchev–Trinajstić information content (AvgIpc) is 2.49. The Kier molecular flexibility index (Phi) is 8.96. The van der Waals surface area contributed by atoms with E-state index in [0.29, 0.717) is 6.54 Å². The zero-order valence-electron chi connectivity index (χ0n) is 14.8. The fourth-order valence-electron chi connectivity index (χ4n) is 2.07. The minimum absolute atomic E-state index is 0. The summed E-state index contributed by atoms with van der Waals surface area (Å²) in [4.78, 5) is 11.9. The van der Waals surface area contributed by atoms with Gasteiger partial charge in [0.15, 0.2) is 0 Å². The van der Waals surface area contributed by atoms with Crippen molar-refractivity contribution in [3.05, 3.63) is 35.4 Å². The Morgan fingerprint density at radius 1 is 1.25 bits per heavy atom. The molecule has 1 rings (SSSR count). The van der Waals surface area contributed by atoms with E-state index in [1.807, 2.05) is 12.1 Å². The molecular weight excluding hydrogens is 348 g/mol. The predicted octanol–water partition coefficient (Wildman–Crippen LogP) is 2.17. The highest BCUT2D eigenvalue weighted by molar-refractivity contribution is 7.90. The zero-order valence-corrected chi connectivity index (χ0v) is 16.5. The van der Waals surface area contributed by atoms with Crippen LogP contribution < -0.4 is 11.1 Å². The Morgan fingerprint density at radius 3 is 2.25 bits per heavy atom. The summed E-state index contributed by atoms with van der Waals surface area (Å²) in [6.45, 7) is 6.94. The quantitative estimate of drug-likeness (QED) is 0.727. The molecular formula is C17H29ClN2O3S. The van der Waals surface area contributed by atoms with E-state index in [1.54, 1.807) is 0 Å². The molecule has 3 N–H and O–H groups in total. The van der Waals surface area contributed by atoms with Gasteiger partial charge < -0.3 is 11.1 Å². The lowest BCUT2D eigenvalue weighted by atomic mass is 9.82. The van der Waals surface area contributed by atoms with Gasteiger partial charge in [-0.3, -0.25) is 4.79 Å². The number of carbonyl (C=O) groups excluding carboxylic acids is 1. The first kappa shape index (κ1) is 22.9. The summed E-state index contributed by atoms with van der Waals surface area (Å²) >= 11 is 0. The highest BCUT2D eigenvalue weighted by atomic mass is 35.5. The Morgan fingerprint density at radius 2 is 1.79 bits per heavy atom. The molecule has 1 aromatic carbocycles. The molecule has 0 spiro atoms. The summed E-state index contributed by atoms with van der Waals surface area (Å²) in [5, 5.41) is 2.75. The predicted molar refractivity (Wildman–Crippen MR) is 101 cm³/mol. The Labute approximate surface area is 151 Å². The fraction of sp³-hybridized carbons (Fsp3) is 0.588. The lowest BCUT2D eigenvalue weighted by molar-refractivity contribution is -0.122. The Bertz CT molecular complexity index is 628. The van der Waals surface area contributed by atoms with Gasteiger partial charge in [0.25, 0.3) is 0 Å². The topological polar surface area (TPSA) is 89.3 Å². The van der Waals surface area contributed by atoms with Crippen LogP contribution in [-0.2, 0) is 26.6 Å². The molecule has 7 heteroatoms. The van der Waals surface area contributed by atoms with Crippen LogP contribution in [0.5, 0.6) is 0 Å². The van der Waals surface area contributed by atoms with Gasteiger partial charge in [0.1, 0.15) is 9.84 Å². The summed E-state index contributed by atoms with van der Waals surface area (Å²) in [6, 6.07) is 7.34. The molecule has 0 saturated heterocycles. The van der Waals surface area contributed by atoms with E-state index < -0.39 is 15.9 Å². The number of sulfone groups is 1. The average molecular weight is 377 g/mol. The Balaban J connectivity index is 0.00000529. The molecule has 0 aromatic heterocycles. The van der Waals surface area contributed by atoms with Crippen LogP contribution in [0.3, 0.4) is 0 Å².